The number of phosphoric ester groups is 1. The second kappa shape index (κ2) is 21.3. The van der Waals surface area contributed by atoms with Crippen LogP contribution in [0.4, 0.5) is 0 Å². The van der Waals surface area contributed by atoms with Gasteiger partial charge in [0.25, 0.3) is 0 Å². The van der Waals surface area contributed by atoms with E-state index in [0.29, 0.717) is 6.42 Å². The fourth-order valence-corrected chi connectivity index (χ4v) is 6.25. The summed E-state index contributed by atoms with van der Waals surface area (Å²) in [6.07, 6.45) is 19.5. The van der Waals surface area contributed by atoms with Gasteiger partial charge in [0.2, 0.25) is 0 Å². The van der Waals surface area contributed by atoms with Crippen LogP contribution in [0.1, 0.15) is 136 Å². The van der Waals surface area contributed by atoms with Crippen LogP contribution >= 0.6 is 15.6 Å². The first-order chi connectivity index (χ1) is 17.5. The first kappa shape index (κ1) is 38.6. The van der Waals surface area contributed by atoms with Gasteiger partial charge in [0.05, 0.1) is 14.4 Å². The monoisotopic (exact) mass is 600 g/mol. The molecule has 0 heterocycles. The Kier molecular flexibility index (Phi) is 21.6. The summed E-state index contributed by atoms with van der Waals surface area (Å²) in [6, 6.07) is 6.66. The molecule has 0 saturated heterocycles. The van der Waals surface area contributed by atoms with Gasteiger partial charge in [-0.3, -0.25) is 4.52 Å². The molecular formula is C28H50CaO7P2. The van der Waals surface area contributed by atoms with E-state index in [9.17, 15) is 18.9 Å². The Morgan fingerprint density at radius 3 is 1.45 bits per heavy atom. The molecule has 1 aromatic rings. The third kappa shape index (κ3) is 20.5. The van der Waals surface area contributed by atoms with Crippen LogP contribution in [0.3, 0.4) is 0 Å². The van der Waals surface area contributed by atoms with Gasteiger partial charge in [-0.05, 0) is 29.5 Å². The molecule has 0 aliphatic carbocycles. The van der Waals surface area contributed by atoms with Gasteiger partial charge in [-0.25, -0.2) is 8.88 Å². The molecule has 0 spiro atoms. The molecule has 10 heteroatoms. The van der Waals surface area contributed by atoms with Crippen LogP contribution in [-0.2, 0) is 23.4 Å². The van der Waals surface area contributed by atoms with Gasteiger partial charge in [-0.15, -0.1) is 0 Å². The third-order valence-corrected chi connectivity index (χ3v) is 8.92. The van der Waals surface area contributed by atoms with Crippen LogP contribution in [0.15, 0.2) is 24.3 Å². The van der Waals surface area contributed by atoms with Gasteiger partial charge in [-0.1, -0.05) is 136 Å². The normalized spacial score (nSPS) is 13.6. The minimum Gasteiger partial charge on any atom is -0.789 e. The number of unbranched alkanes of at least 4 members (excludes halogenated alkanes) is 15. The molecule has 0 aliphatic heterocycles. The van der Waals surface area contributed by atoms with Crippen molar-refractivity contribution >= 4 is 53.4 Å². The second-order valence-corrected chi connectivity index (χ2v) is 13.9. The predicted octanol–water partition coefficient (Wildman–Crippen LogP) is 8.21. The molecular weight excluding hydrogens is 550 g/mol. The van der Waals surface area contributed by atoms with Gasteiger partial charge in [0, 0.05) is 0 Å². The zero-order valence-corrected chi connectivity index (χ0v) is 28.3. The molecule has 1 rings (SSSR count). The first-order valence-electron chi connectivity index (χ1n) is 14.2. The van der Waals surface area contributed by atoms with Crippen molar-refractivity contribution in [3.05, 3.63) is 29.8 Å². The van der Waals surface area contributed by atoms with Crippen molar-refractivity contribution in [2.75, 3.05) is 6.61 Å². The molecule has 0 N–H and O–H groups in total. The van der Waals surface area contributed by atoms with Crippen molar-refractivity contribution in [2.24, 2.45) is 0 Å². The third-order valence-electron chi connectivity index (χ3n) is 6.38. The van der Waals surface area contributed by atoms with E-state index in [1.54, 1.807) is 24.3 Å². The van der Waals surface area contributed by atoms with Crippen LogP contribution < -0.4 is 14.3 Å². The summed E-state index contributed by atoms with van der Waals surface area (Å²) in [5.74, 6) is 0.108. The molecule has 38 heavy (non-hydrogen) atoms. The molecule has 1 atom stereocenters. The maximum atomic E-state index is 12.8. The molecule has 0 radical (unpaired) electrons. The molecule has 216 valence electrons. The van der Waals surface area contributed by atoms with Crippen LogP contribution in [0.2, 0.25) is 0 Å². The van der Waals surface area contributed by atoms with Gasteiger partial charge >= 0.3 is 45.6 Å². The molecule has 0 fully saturated rings. The maximum absolute atomic E-state index is 12.8. The average molecular weight is 601 g/mol. The summed E-state index contributed by atoms with van der Waals surface area (Å²) < 4.78 is 38.5. The van der Waals surface area contributed by atoms with E-state index in [-0.39, 0.29) is 55.5 Å². The van der Waals surface area contributed by atoms with Crippen molar-refractivity contribution in [3.8, 4) is 5.75 Å². The zero-order valence-electron chi connectivity index (χ0n) is 24.3. The maximum Gasteiger partial charge on any atom is 2.00 e. The number of rotatable bonds is 22. The Morgan fingerprint density at radius 1 is 0.684 bits per heavy atom. The number of hydrogen-bond acceptors (Lipinski definition) is 7. The summed E-state index contributed by atoms with van der Waals surface area (Å²) >= 11 is 0. The van der Waals surface area contributed by atoms with E-state index >= 15 is 0 Å². The summed E-state index contributed by atoms with van der Waals surface area (Å²) in [6.45, 7) is 8.37. The minimum absolute atomic E-state index is 0. The molecule has 0 amide bonds. The van der Waals surface area contributed by atoms with Gasteiger partial charge < -0.3 is 18.9 Å². The molecule has 0 aromatic heterocycles. The van der Waals surface area contributed by atoms with E-state index in [4.69, 9.17) is 9.05 Å². The van der Waals surface area contributed by atoms with Crippen molar-refractivity contribution < 1.29 is 32.3 Å². The summed E-state index contributed by atoms with van der Waals surface area (Å²) in [7, 11) is -10.2. The molecule has 0 aliphatic rings. The Hall–Kier alpha value is 0.580. The fourth-order valence-electron chi connectivity index (χ4n) is 4.16. The SMILES string of the molecule is CCCCCCCCCCCCCCCCCCOP(=O)(Oc1ccc(C(C)(C)C)cc1)OP(=O)([O-])[O-].[Ca+2]. The predicted molar refractivity (Wildman–Crippen MR) is 153 cm³/mol. The molecule has 1 unspecified atom stereocenters. The van der Waals surface area contributed by atoms with Crippen molar-refractivity contribution in [2.45, 2.75) is 136 Å². The van der Waals surface area contributed by atoms with Crippen LogP contribution in [0.25, 0.3) is 0 Å². The van der Waals surface area contributed by atoms with E-state index in [1.807, 2.05) is 20.8 Å². The van der Waals surface area contributed by atoms with E-state index in [1.165, 1.54) is 77.0 Å². The number of hydrogen-bond donors (Lipinski definition) is 0. The largest absolute Gasteiger partial charge is 2.00 e. The average Bonchev–Trinajstić information content (AvgIpc) is 2.79. The van der Waals surface area contributed by atoms with E-state index < -0.39 is 15.6 Å². The Bertz CT molecular complexity index is 806. The van der Waals surface area contributed by atoms with Crippen LogP contribution in [0.5, 0.6) is 5.75 Å². The van der Waals surface area contributed by atoms with Gasteiger partial charge in [-0.2, -0.15) is 0 Å². The van der Waals surface area contributed by atoms with Crippen LogP contribution in [-0.4, -0.2) is 44.3 Å². The van der Waals surface area contributed by atoms with Crippen molar-refractivity contribution in [3.63, 3.8) is 0 Å². The van der Waals surface area contributed by atoms with Crippen molar-refractivity contribution in [1.29, 1.82) is 0 Å². The first-order valence-corrected chi connectivity index (χ1v) is 17.2. The fraction of sp³-hybridized carbons (Fsp3) is 0.786. The Balaban J connectivity index is 0.0000137. The summed E-state index contributed by atoms with van der Waals surface area (Å²) in [5.41, 5.74) is 0.922. The number of phosphoric acid groups is 2. The quantitative estimate of drug-likeness (QED) is 0.0749. The zero-order chi connectivity index (χ0) is 27.6. The summed E-state index contributed by atoms with van der Waals surface area (Å²) in [4.78, 5) is 22.2. The second-order valence-electron chi connectivity index (χ2n) is 11.0. The molecule has 7 nitrogen and oxygen atoms in total. The molecule has 1 aromatic carbocycles. The van der Waals surface area contributed by atoms with Gasteiger partial charge in [0.1, 0.15) is 5.75 Å². The Morgan fingerprint density at radius 2 is 1.08 bits per heavy atom. The van der Waals surface area contributed by atoms with E-state index in [2.05, 4.69) is 11.2 Å². The van der Waals surface area contributed by atoms with Gasteiger partial charge in [0.15, 0.2) is 0 Å². The number of benzene rings is 1. The molecule has 0 bridgehead atoms. The van der Waals surface area contributed by atoms with Crippen LogP contribution in [0, 0.1) is 0 Å². The van der Waals surface area contributed by atoms with E-state index in [0.717, 1.165) is 24.8 Å². The smallest absolute Gasteiger partial charge is 0.789 e. The van der Waals surface area contributed by atoms with Crippen molar-refractivity contribution in [1.82, 2.24) is 0 Å². The summed E-state index contributed by atoms with van der Waals surface area (Å²) in [5, 5.41) is 0. The molecule has 0 saturated carbocycles. The standard InChI is InChI=1S/C28H52O7P2.Ca/c1-5-6-7-8-9-10-11-12-13-14-15-16-17-18-19-20-25-33-37(32,35-36(29,30)31)34-27-23-21-26(22-24-27)28(2,3)4;/h21-24H,5-20,25H2,1-4H3,(H2,29,30,31);/q;+2/p-2. The topological polar surface area (TPSA) is 108 Å². The Labute approximate surface area is 262 Å². The minimum atomic E-state index is -5.57.